The molecule has 0 amide bonds. The number of ketones is 1. The van der Waals surface area contributed by atoms with Crippen LogP contribution in [0.2, 0.25) is 0 Å². The third kappa shape index (κ3) is 2.91. The van der Waals surface area contributed by atoms with Crippen molar-refractivity contribution in [1.29, 1.82) is 0 Å². The molecular formula is C13H13NO2S. The Morgan fingerprint density at radius 2 is 2.24 bits per heavy atom. The summed E-state index contributed by atoms with van der Waals surface area (Å²) < 4.78 is 5.44. The molecule has 0 N–H and O–H groups in total. The van der Waals surface area contributed by atoms with E-state index in [4.69, 9.17) is 4.74 Å². The molecule has 2 rings (SSSR count). The van der Waals surface area contributed by atoms with Gasteiger partial charge in [0.2, 0.25) is 0 Å². The van der Waals surface area contributed by atoms with Crippen LogP contribution in [0.4, 0.5) is 0 Å². The first-order valence-corrected chi connectivity index (χ1v) is 6.32. The maximum absolute atomic E-state index is 12.1. The summed E-state index contributed by atoms with van der Waals surface area (Å²) in [4.78, 5) is 16.2. The average molecular weight is 247 g/mol. The minimum atomic E-state index is 0.0454. The van der Waals surface area contributed by atoms with Crippen LogP contribution in [0.25, 0.3) is 0 Å². The lowest BCUT2D eigenvalue weighted by atomic mass is 10.1. The summed E-state index contributed by atoms with van der Waals surface area (Å²) in [6.07, 6.45) is 2.05. The molecule has 1 aromatic carbocycles. The molecule has 0 aliphatic rings. The lowest BCUT2D eigenvalue weighted by Gasteiger charge is -2.08. The molecule has 0 aliphatic carbocycles. The standard InChI is InChI=1S/C13H13NO2S/c1-2-16-12-6-4-3-5-10(12)11(15)9-13-14-7-8-17-13/h3-8H,2,9H2,1H3. The molecule has 0 radical (unpaired) electrons. The van der Waals surface area contributed by atoms with E-state index in [1.807, 2.05) is 30.5 Å². The van der Waals surface area contributed by atoms with E-state index < -0.39 is 0 Å². The van der Waals surface area contributed by atoms with E-state index in [2.05, 4.69) is 4.98 Å². The molecule has 0 aliphatic heterocycles. The van der Waals surface area contributed by atoms with Crippen LogP contribution in [-0.4, -0.2) is 17.4 Å². The summed E-state index contributed by atoms with van der Waals surface area (Å²) in [5.74, 6) is 0.695. The number of nitrogens with zero attached hydrogens (tertiary/aromatic N) is 1. The highest BCUT2D eigenvalue weighted by Crippen LogP contribution is 2.20. The summed E-state index contributed by atoms with van der Waals surface area (Å²) in [5.41, 5.74) is 0.629. The van der Waals surface area contributed by atoms with Crippen LogP contribution < -0.4 is 4.74 Å². The fraction of sp³-hybridized carbons (Fsp3) is 0.231. The number of benzene rings is 1. The van der Waals surface area contributed by atoms with Crippen molar-refractivity contribution in [2.75, 3.05) is 6.61 Å². The minimum absolute atomic E-state index is 0.0454. The SMILES string of the molecule is CCOc1ccccc1C(=O)Cc1nccs1. The summed E-state index contributed by atoms with van der Waals surface area (Å²) in [6, 6.07) is 7.32. The number of Topliss-reactive ketones (excluding diaryl/α,β-unsaturated/α-hetero) is 1. The van der Waals surface area contributed by atoms with Gasteiger partial charge in [0.15, 0.2) is 5.78 Å². The van der Waals surface area contributed by atoms with Crippen LogP contribution in [0.3, 0.4) is 0 Å². The number of hydrogen-bond acceptors (Lipinski definition) is 4. The van der Waals surface area contributed by atoms with Crippen molar-refractivity contribution in [3.05, 3.63) is 46.4 Å². The van der Waals surface area contributed by atoms with Gasteiger partial charge in [-0.2, -0.15) is 0 Å². The van der Waals surface area contributed by atoms with Crippen LogP contribution in [0.15, 0.2) is 35.8 Å². The van der Waals surface area contributed by atoms with Gasteiger partial charge in [-0.25, -0.2) is 4.98 Å². The second-order valence-electron chi connectivity index (χ2n) is 3.45. The van der Waals surface area contributed by atoms with Gasteiger partial charge in [0.05, 0.1) is 18.6 Å². The molecule has 17 heavy (non-hydrogen) atoms. The van der Waals surface area contributed by atoms with Crippen molar-refractivity contribution >= 4 is 17.1 Å². The Morgan fingerprint density at radius 1 is 1.41 bits per heavy atom. The molecule has 4 heteroatoms. The molecule has 0 atom stereocenters. The molecule has 0 unspecified atom stereocenters. The zero-order chi connectivity index (χ0) is 12.1. The quantitative estimate of drug-likeness (QED) is 0.762. The Hall–Kier alpha value is -1.68. The Bertz CT molecular complexity index is 494. The van der Waals surface area contributed by atoms with Gasteiger partial charge in [-0.15, -0.1) is 11.3 Å². The molecule has 1 heterocycles. The van der Waals surface area contributed by atoms with Gasteiger partial charge < -0.3 is 4.74 Å². The Morgan fingerprint density at radius 3 is 2.94 bits per heavy atom. The number of ether oxygens (including phenoxy) is 1. The Balaban J connectivity index is 2.18. The molecule has 0 saturated carbocycles. The number of carbonyl (C=O) groups is 1. The minimum Gasteiger partial charge on any atom is -0.493 e. The van der Waals surface area contributed by atoms with Gasteiger partial charge in [-0.05, 0) is 19.1 Å². The van der Waals surface area contributed by atoms with E-state index in [-0.39, 0.29) is 5.78 Å². The van der Waals surface area contributed by atoms with Crippen LogP contribution in [0.5, 0.6) is 5.75 Å². The number of thiazole rings is 1. The number of para-hydroxylation sites is 1. The van der Waals surface area contributed by atoms with Gasteiger partial charge in [-0.3, -0.25) is 4.79 Å². The normalized spacial score (nSPS) is 10.2. The lowest BCUT2D eigenvalue weighted by Crippen LogP contribution is -2.06. The summed E-state index contributed by atoms with van der Waals surface area (Å²) in [6.45, 7) is 2.46. The van der Waals surface area contributed by atoms with Gasteiger partial charge in [0, 0.05) is 11.6 Å². The molecule has 0 saturated heterocycles. The molecule has 2 aromatic rings. The molecule has 0 fully saturated rings. The molecule has 0 bridgehead atoms. The first-order chi connectivity index (χ1) is 8.31. The zero-order valence-electron chi connectivity index (χ0n) is 9.55. The van der Waals surface area contributed by atoms with Crippen molar-refractivity contribution < 1.29 is 9.53 Å². The number of carbonyl (C=O) groups excluding carboxylic acids is 1. The fourth-order valence-corrected chi connectivity index (χ4v) is 2.17. The predicted octanol–water partition coefficient (Wildman–Crippen LogP) is 2.97. The van der Waals surface area contributed by atoms with E-state index in [1.165, 1.54) is 11.3 Å². The Kier molecular flexibility index (Phi) is 3.88. The van der Waals surface area contributed by atoms with Crippen molar-refractivity contribution in [1.82, 2.24) is 4.98 Å². The monoisotopic (exact) mass is 247 g/mol. The summed E-state index contributed by atoms with van der Waals surface area (Å²) in [7, 11) is 0. The number of rotatable bonds is 5. The Labute approximate surface area is 104 Å². The number of hydrogen-bond donors (Lipinski definition) is 0. The average Bonchev–Trinajstić information content (AvgIpc) is 2.83. The molecule has 0 spiro atoms. The van der Waals surface area contributed by atoms with Crippen molar-refractivity contribution in [2.24, 2.45) is 0 Å². The first-order valence-electron chi connectivity index (χ1n) is 5.44. The highest BCUT2D eigenvalue weighted by atomic mass is 32.1. The highest BCUT2D eigenvalue weighted by Gasteiger charge is 2.13. The molecule has 88 valence electrons. The van der Waals surface area contributed by atoms with Gasteiger partial charge >= 0.3 is 0 Å². The summed E-state index contributed by atoms with van der Waals surface area (Å²) >= 11 is 1.49. The largest absolute Gasteiger partial charge is 0.493 e. The zero-order valence-corrected chi connectivity index (χ0v) is 10.4. The van der Waals surface area contributed by atoms with E-state index in [0.29, 0.717) is 24.3 Å². The molecular weight excluding hydrogens is 234 g/mol. The second-order valence-corrected chi connectivity index (χ2v) is 4.43. The third-order valence-corrected chi connectivity index (χ3v) is 3.06. The predicted molar refractivity (Wildman–Crippen MR) is 67.8 cm³/mol. The fourth-order valence-electron chi connectivity index (χ4n) is 1.55. The topological polar surface area (TPSA) is 39.2 Å². The third-order valence-electron chi connectivity index (χ3n) is 2.28. The highest BCUT2D eigenvalue weighted by molar-refractivity contribution is 7.09. The van der Waals surface area contributed by atoms with Crippen LogP contribution in [-0.2, 0) is 6.42 Å². The van der Waals surface area contributed by atoms with E-state index in [0.717, 1.165) is 5.01 Å². The van der Waals surface area contributed by atoms with Crippen molar-refractivity contribution in [2.45, 2.75) is 13.3 Å². The first kappa shape index (κ1) is 11.8. The van der Waals surface area contributed by atoms with Crippen LogP contribution in [0.1, 0.15) is 22.3 Å². The van der Waals surface area contributed by atoms with Gasteiger partial charge in [-0.1, -0.05) is 12.1 Å². The van der Waals surface area contributed by atoms with Crippen LogP contribution in [0, 0.1) is 0 Å². The maximum atomic E-state index is 12.1. The van der Waals surface area contributed by atoms with Crippen molar-refractivity contribution in [3.63, 3.8) is 0 Å². The lowest BCUT2D eigenvalue weighted by molar-refractivity contribution is 0.0989. The number of aromatic nitrogens is 1. The van der Waals surface area contributed by atoms with Crippen molar-refractivity contribution in [3.8, 4) is 5.75 Å². The van der Waals surface area contributed by atoms with E-state index in [9.17, 15) is 4.79 Å². The van der Waals surface area contributed by atoms with Crippen LogP contribution >= 0.6 is 11.3 Å². The van der Waals surface area contributed by atoms with Gasteiger partial charge in [0.25, 0.3) is 0 Å². The van der Waals surface area contributed by atoms with Gasteiger partial charge in [0.1, 0.15) is 10.8 Å². The summed E-state index contributed by atoms with van der Waals surface area (Å²) in [5, 5.41) is 2.71. The van der Waals surface area contributed by atoms with E-state index >= 15 is 0 Å². The molecule has 3 nitrogen and oxygen atoms in total. The maximum Gasteiger partial charge on any atom is 0.173 e. The second kappa shape index (κ2) is 5.59. The molecule has 1 aromatic heterocycles. The smallest absolute Gasteiger partial charge is 0.173 e. The van der Waals surface area contributed by atoms with E-state index in [1.54, 1.807) is 12.3 Å².